The summed E-state index contributed by atoms with van der Waals surface area (Å²) in [6.07, 6.45) is 1.75. The highest BCUT2D eigenvalue weighted by molar-refractivity contribution is 6.05. The van der Waals surface area contributed by atoms with Gasteiger partial charge < -0.3 is 10.6 Å². The molecule has 3 aliphatic rings. The number of fused-ring (bicyclic) bond motifs is 1. The molecule has 0 saturated carbocycles. The van der Waals surface area contributed by atoms with E-state index in [0.717, 1.165) is 30.6 Å². The Morgan fingerprint density at radius 3 is 2.68 bits per heavy atom. The van der Waals surface area contributed by atoms with E-state index in [9.17, 15) is 14.4 Å². The topological polar surface area (TPSA) is 95.7 Å². The number of nitrogens with one attached hydrogen (secondary N) is 1. The molecule has 7 heteroatoms. The van der Waals surface area contributed by atoms with Gasteiger partial charge in [-0.25, -0.2) is 0 Å². The summed E-state index contributed by atoms with van der Waals surface area (Å²) < 4.78 is 0. The fraction of sp³-hybridized carbons (Fsp3) is 0.571. The standard InChI is InChI=1S/C21H28N4O3/c1-21(2)15(10-22)7-8-24(21)11-13-3-4-14-12-25(20(28)16(14)9-13)17-5-6-18(26)23-19(17)27/h3-4,9,15,17H,5-8,10-12,22H2,1-2H3,(H,23,26,27). The van der Waals surface area contributed by atoms with Crippen LogP contribution in [0.4, 0.5) is 0 Å². The Morgan fingerprint density at radius 1 is 1.21 bits per heavy atom. The number of nitrogens with two attached hydrogens (primary N) is 1. The van der Waals surface area contributed by atoms with Gasteiger partial charge in [-0.05, 0) is 62.9 Å². The molecule has 1 aromatic carbocycles. The van der Waals surface area contributed by atoms with Crippen molar-refractivity contribution >= 4 is 17.7 Å². The summed E-state index contributed by atoms with van der Waals surface area (Å²) in [6, 6.07) is 5.48. The smallest absolute Gasteiger partial charge is 0.255 e. The van der Waals surface area contributed by atoms with Crippen molar-refractivity contribution in [3.05, 3.63) is 34.9 Å². The van der Waals surface area contributed by atoms with Gasteiger partial charge in [0.1, 0.15) is 6.04 Å². The third kappa shape index (κ3) is 3.12. The molecular formula is C21H28N4O3. The highest BCUT2D eigenvalue weighted by atomic mass is 16.2. The Kier molecular flexibility index (Phi) is 4.75. The molecule has 3 N–H and O–H groups in total. The number of likely N-dealkylation sites (tertiary alicyclic amines) is 1. The molecule has 3 amide bonds. The zero-order valence-corrected chi connectivity index (χ0v) is 16.5. The molecular weight excluding hydrogens is 356 g/mol. The van der Waals surface area contributed by atoms with E-state index in [1.165, 1.54) is 0 Å². The van der Waals surface area contributed by atoms with E-state index in [-0.39, 0.29) is 29.7 Å². The molecule has 7 nitrogen and oxygen atoms in total. The first kappa shape index (κ1) is 19.1. The quantitative estimate of drug-likeness (QED) is 0.756. The fourth-order valence-electron chi connectivity index (χ4n) is 4.82. The number of amides is 3. The van der Waals surface area contributed by atoms with Crippen LogP contribution in [0.1, 0.15) is 54.6 Å². The zero-order chi connectivity index (χ0) is 20.1. The fourth-order valence-corrected chi connectivity index (χ4v) is 4.82. The van der Waals surface area contributed by atoms with Gasteiger partial charge in [0.15, 0.2) is 0 Å². The lowest BCUT2D eigenvalue weighted by Gasteiger charge is -2.35. The van der Waals surface area contributed by atoms with Crippen LogP contribution in [0.25, 0.3) is 0 Å². The second kappa shape index (κ2) is 6.97. The van der Waals surface area contributed by atoms with E-state index in [0.29, 0.717) is 31.0 Å². The number of piperidine rings is 1. The Hall–Kier alpha value is -2.25. The molecule has 150 valence electrons. The van der Waals surface area contributed by atoms with Gasteiger partial charge in [0.25, 0.3) is 5.91 Å². The van der Waals surface area contributed by atoms with Crippen LogP contribution in [0, 0.1) is 5.92 Å². The zero-order valence-electron chi connectivity index (χ0n) is 16.5. The number of benzene rings is 1. The highest BCUT2D eigenvalue weighted by Gasteiger charge is 2.41. The summed E-state index contributed by atoms with van der Waals surface area (Å²) in [7, 11) is 0. The largest absolute Gasteiger partial charge is 0.330 e. The average molecular weight is 384 g/mol. The Bertz CT molecular complexity index is 835. The van der Waals surface area contributed by atoms with Gasteiger partial charge >= 0.3 is 0 Å². The van der Waals surface area contributed by atoms with E-state index in [1.807, 2.05) is 12.1 Å². The predicted octanol–water partition coefficient (Wildman–Crippen LogP) is 1.01. The molecule has 2 saturated heterocycles. The molecule has 0 radical (unpaired) electrons. The molecule has 1 aromatic rings. The molecule has 2 fully saturated rings. The van der Waals surface area contributed by atoms with Crippen molar-refractivity contribution in [1.29, 1.82) is 0 Å². The molecule has 28 heavy (non-hydrogen) atoms. The van der Waals surface area contributed by atoms with Gasteiger partial charge in [-0.1, -0.05) is 12.1 Å². The van der Waals surface area contributed by atoms with Gasteiger partial charge in [-0.15, -0.1) is 0 Å². The summed E-state index contributed by atoms with van der Waals surface area (Å²) >= 11 is 0. The lowest BCUT2D eigenvalue weighted by molar-refractivity contribution is -0.136. The van der Waals surface area contributed by atoms with E-state index >= 15 is 0 Å². The number of carbonyl (C=O) groups excluding carboxylic acids is 3. The summed E-state index contributed by atoms with van der Waals surface area (Å²) in [5, 5.41) is 2.34. The molecule has 3 aliphatic heterocycles. The van der Waals surface area contributed by atoms with Crippen LogP contribution < -0.4 is 11.1 Å². The minimum absolute atomic E-state index is 0.0382. The normalized spacial score (nSPS) is 27.2. The molecule has 0 spiro atoms. The molecule has 4 rings (SSSR count). The van der Waals surface area contributed by atoms with Gasteiger partial charge in [0, 0.05) is 30.6 Å². The molecule has 0 aromatic heterocycles. The first-order valence-electron chi connectivity index (χ1n) is 10.0. The SMILES string of the molecule is CC1(C)C(CN)CCN1Cc1ccc2c(c1)C(=O)N(C1CCC(=O)NC1=O)C2. The number of hydrogen-bond donors (Lipinski definition) is 2. The summed E-state index contributed by atoms with van der Waals surface area (Å²) in [5.41, 5.74) is 8.69. The van der Waals surface area contributed by atoms with E-state index < -0.39 is 6.04 Å². The maximum absolute atomic E-state index is 13.0. The molecule has 2 unspecified atom stereocenters. The summed E-state index contributed by atoms with van der Waals surface area (Å²) in [4.78, 5) is 40.6. The minimum Gasteiger partial charge on any atom is -0.330 e. The first-order valence-corrected chi connectivity index (χ1v) is 10.0. The van der Waals surface area contributed by atoms with Crippen molar-refractivity contribution in [2.75, 3.05) is 13.1 Å². The monoisotopic (exact) mass is 384 g/mol. The van der Waals surface area contributed by atoms with E-state index in [1.54, 1.807) is 4.90 Å². The van der Waals surface area contributed by atoms with Crippen molar-refractivity contribution in [3.63, 3.8) is 0 Å². The van der Waals surface area contributed by atoms with Crippen molar-refractivity contribution in [3.8, 4) is 0 Å². The van der Waals surface area contributed by atoms with Crippen LogP contribution in [0.5, 0.6) is 0 Å². The summed E-state index contributed by atoms with van der Waals surface area (Å²) in [6.45, 7) is 7.37. The maximum atomic E-state index is 13.0. The van der Waals surface area contributed by atoms with Crippen LogP contribution in [-0.2, 0) is 22.7 Å². The van der Waals surface area contributed by atoms with E-state index in [4.69, 9.17) is 5.73 Å². The van der Waals surface area contributed by atoms with Crippen LogP contribution >= 0.6 is 0 Å². The number of nitrogens with zero attached hydrogens (tertiary/aromatic N) is 2. The average Bonchev–Trinajstić information content (AvgIpc) is 3.12. The van der Waals surface area contributed by atoms with E-state index in [2.05, 4.69) is 30.1 Å². The Morgan fingerprint density at radius 2 is 2.00 bits per heavy atom. The van der Waals surface area contributed by atoms with Crippen LogP contribution in [-0.4, -0.2) is 52.2 Å². The lowest BCUT2D eigenvalue weighted by atomic mass is 9.88. The van der Waals surface area contributed by atoms with Crippen LogP contribution in [0.15, 0.2) is 18.2 Å². The molecule has 0 bridgehead atoms. The van der Waals surface area contributed by atoms with Crippen molar-refractivity contribution < 1.29 is 14.4 Å². The third-order valence-electron chi connectivity index (χ3n) is 6.81. The molecule has 2 atom stereocenters. The van der Waals surface area contributed by atoms with Crippen molar-refractivity contribution in [1.82, 2.24) is 15.1 Å². The summed E-state index contributed by atoms with van der Waals surface area (Å²) in [5.74, 6) is -0.278. The predicted molar refractivity (Wildman–Crippen MR) is 104 cm³/mol. The second-order valence-corrected chi connectivity index (χ2v) is 8.69. The van der Waals surface area contributed by atoms with Gasteiger partial charge in [-0.2, -0.15) is 0 Å². The molecule has 0 aliphatic carbocycles. The minimum atomic E-state index is -0.566. The number of carbonyl (C=O) groups is 3. The maximum Gasteiger partial charge on any atom is 0.255 e. The Labute approximate surface area is 165 Å². The van der Waals surface area contributed by atoms with Crippen molar-refractivity contribution in [2.24, 2.45) is 11.7 Å². The van der Waals surface area contributed by atoms with Crippen LogP contribution in [0.3, 0.4) is 0 Å². The number of rotatable bonds is 4. The Balaban J connectivity index is 1.51. The molecule has 3 heterocycles. The second-order valence-electron chi connectivity index (χ2n) is 8.69. The van der Waals surface area contributed by atoms with Crippen molar-refractivity contribution in [2.45, 2.75) is 57.8 Å². The van der Waals surface area contributed by atoms with Gasteiger partial charge in [0.05, 0.1) is 0 Å². The third-order valence-corrected chi connectivity index (χ3v) is 6.81. The number of imide groups is 1. The van der Waals surface area contributed by atoms with Gasteiger partial charge in [0.2, 0.25) is 11.8 Å². The van der Waals surface area contributed by atoms with Crippen LogP contribution in [0.2, 0.25) is 0 Å². The lowest BCUT2D eigenvalue weighted by Crippen LogP contribution is -2.52. The first-order chi connectivity index (χ1) is 13.3. The highest BCUT2D eigenvalue weighted by Crippen LogP contribution is 2.35. The number of hydrogen-bond acceptors (Lipinski definition) is 5. The van der Waals surface area contributed by atoms with Gasteiger partial charge in [-0.3, -0.25) is 24.6 Å².